The van der Waals surface area contributed by atoms with Crippen LogP contribution in [0.4, 0.5) is 0 Å². The van der Waals surface area contributed by atoms with Crippen LogP contribution in [0.2, 0.25) is 0 Å². The molecule has 5 aromatic rings. The standard InChI is InChI=1S/C27H21N3O3/c1-32-27(31)22-11-5-9-20(15-22)25-24-17-28-13-14-30(24)26(29-25)21-10-6-12-23(16-21)33-18-19-7-3-2-4-8-19/h2-17H,18H2,1H3. The predicted octanol–water partition coefficient (Wildman–Crippen LogP) is 5.43. The number of esters is 1. The number of hydrogen-bond donors (Lipinski definition) is 0. The van der Waals surface area contributed by atoms with Gasteiger partial charge in [-0.05, 0) is 29.8 Å². The Hall–Kier alpha value is -4.45. The van der Waals surface area contributed by atoms with Crippen molar-refractivity contribution in [2.75, 3.05) is 7.11 Å². The van der Waals surface area contributed by atoms with Crippen molar-refractivity contribution in [3.05, 3.63) is 109 Å². The lowest BCUT2D eigenvalue weighted by Crippen LogP contribution is -2.00. The Morgan fingerprint density at radius 1 is 0.939 bits per heavy atom. The zero-order chi connectivity index (χ0) is 22.6. The summed E-state index contributed by atoms with van der Waals surface area (Å²) in [6.07, 6.45) is 5.37. The Bertz CT molecular complexity index is 1430. The van der Waals surface area contributed by atoms with Gasteiger partial charge in [0.1, 0.15) is 18.2 Å². The van der Waals surface area contributed by atoms with Crippen molar-refractivity contribution in [3.8, 4) is 28.4 Å². The number of fused-ring (bicyclic) bond motifs is 1. The molecule has 0 amide bonds. The highest BCUT2D eigenvalue weighted by Gasteiger charge is 2.16. The molecule has 6 nitrogen and oxygen atoms in total. The third kappa shape index (κ3) is 4.19. The van der Waals surface area contributed by atoms with Gasteiger partial charge in [0.15, 0.2) is 0 Å². The molecule has 0 radical (unpaired) electrons. The molecule has 2 aromatic heterocycles. The highest BCUT2D eigenvalue weighted by atomic mass is 16.5. The zero-order valence-corrected chi connectivity index (χ0v) is 18.0. The Morgan fingerprint density at radius 2 is 1.76 bits per heavy atom. The van der Waals surface area contributed by atoms with Crippen LogP contribution in [-0.4, -0.2) is 27.4 Å². The molecule has 0 atom stereocenters. The molecule has 33 heavy (non-hydrogen) atoms. The third-order valence-corrected chi connectivity index (χ3v) is 5.34. The number of imidazole rings is 1. The number of benzene rings is 3. The summed E-state index contributed by atoms with van der Waals surface area (Å²) in [4.78, 5) is 21.2. The number of nitrogens with zero attached hydrogens (tertiary/aromatic N) is 3. The Balaban J connectivity index is 1.53. The summed E-state index contributed by atoms with van der Waals surface area (Å²) in [7, 11) is 1.37. The van der Waals surface area contributed by atoms with Gasteiger partial charge in [-0.1, -0.05) is 54.6 Å². The molecular weight excluding hydrogens is 414 g/mol. The second-order valence-corrected chi connectivity index (χ2v) is 7.49. The topological polar surface area (TPSA) is 65.7 Å². The smallest absolute Gasteiger partial charge is 0.337 e. The molecule has 0 fully saturated rings. The van der Waals surface area contributed by atoms with Crippen molar-refractivity contribution in [1.82, 2.24) is 14.4 Å². The fraction of sp³-hybridized carbons (Fsp3) is 0.0741. The molecule has 0 aliphatic heterocycles. The molecular formula is C27H21N3O3. The summed E-state index contributed by atoms with van der Waals surface area (Å²) < 4.78 is 12.9. The quantitative estimate of drug-likeness (QED) is 0.333. The van der Waals surface area contributed by atoms with E-state index in [1.54, 1.807) is 24.5 Å². The summed E-state index contributed by atoms with van der Waals surface area (Å²) >= 11 is 0. The van der Waals surface area contributed by atoms with Gasteiger partial charge in [0.05, 0.1) is 30.1 Å². The summed E-state index contributed by atoms with van der Waals surface area (Å²) in [6, 6.07) is 25.2. The lowest BCUT2D eigenvalue weighted by Gasteiger charge is -2.08. The van der Waals surface area contributed by atoms with E-state index in [4.69, 9.17) is 14.5 Å². The fourth-order valence-electron chi connectivity index (χ4n) is 3.73. The van der Waals surface area contributed by atoms with E-state index in [9.17, 15) is 4.79 Å². The zero-order valence-electron chi connectivity index (χ0n) is 18.0. The molecule has 0 spiro atoms. The van der Waals surface area contributed by atoms with Gasteiger partial charge in [-0.15, -0.1) is 0 Å². The first-order valence-electron chi connectivity index (χ1n) is 10.5. The van der Waals surface area contributed by atoms with E-state index >= 15 is 0 Å². The van der Waals surface area contributed by atoms with Crippen molar-refractivity contribution in [2.45, 2.75) is 6.61 Å². The first-order valence-corrected chi connectivity index (χ1v) is 10.5. The van der Waals surface area contributed by atoms with Crippen LogP contribution >= 0.6 is 0 Å². The molecule has 0 aliphatic carbocycles. The van der Waals surface area contributed by atoms with Crippen molar-refractivity contribution in [1.29, 1.82) is 0 Å². The number of carbonyl (C=O) groups excluding carboxylic acids is 1. The van der Waals surface area contributed by atoms with Crippen LogP contribution in [0.25, 0.3) is 28.2 Å². The number of methoxy groups -OCH3 is 1. The lowest BCUT2D eigenvalue weighted by atomic mass is 10.1. The molecule has 0 aliphatic rings. The number of aromatic nitrogens is 3. The maximum Gasteiger partial charge on any atom is 0.337 e. The normalized spacial score (nSPS) is 10.8. The van der Waals surface area contributed by atoms with E-state index in [0.717, 1.165) is 39.5 Å². The second-order valence-electron chi connectivity index (χ2n) is 7.49. The molecule has 0 saturated carbocycles. The van der Waals surface area contributed by atoms with Crippen molar-refractivity contribution in [3.63, 3.8) is 0 Å². The largest absolute Gasteiger partial charge is 0.489 e. The van der Waals surface area contributed by atoms with Gasteiger partial charge >= 0.3 is 5.97 Å². The van der Waals surface area contributed by atoms with Gasteiger partial charge in [0.25, 0.3) is 0 Å². The van der Waals surface area contributed by atoms with Crippen LogP contribution in [0.3, 0.4) is 0 Å². The first kappa shape index (κ1) is 20.5. The molecule has 0 saturated heterocycles. The Morgan fingerprint density at radius 3 is 2.61 bits per heavy atom. The maximum absolute atomic E-state index is 12.0. The van der Waals surface area contributed by atoms with Crippen LogP contribution in [0.5, 0.6) is 5.75 Å². The monoisotopic (exact) mass is 435 g/mol. The number of carbonyl (C=O) groups is 1. The molecule has 6 heteroatoms. The van der Waals surface area contributed by atoms with Gasteiger partial charge < -0.3 is 9.47 Å². The van der Waals surface area contributed by atoms with E-state index in [1.807, 2.05) is 77.3 Å². The van der Waals surface area contributed by atoms with Crippen molar-refractivity contribution >= 4 is 11.5 Å². The second kappa shape index (κ2) is 8.96. The number of ether oxygens (including phenoxy) is 2. The molecule has 0 N–H and O–H groups in total. The summed E-state index contributed by atoms with van der Waals surface area (Å²) in [5.41, 5.74) is 4.87. The molecule has 0 bridgehead atoms. The van der Waals surface area contributed by atoms with Gasteiger partial charge in [0.2, 0.25) is 0 Å². The van der Waals surface area contributed by atoms with Crippen LogP contribution < -0.4 is 4.74 Å². The third-order valence-electron chi connectivity index (χ3n) is 5.34. The van der Waals surface area contributed by atoms with Crippen LogP contribution in [-0.2, 0) is 11.3 Å². The maximum atomic E-state index is 12.0. The first-order chi connectivity index (χ1) is 16.2. The molecule has 2 heterocycles. The van der Waals surface area contributed by atoms with Crippen LogP contribution in [0.1, 0.15) is 15.9 Å². The van der Waals surface area contributed by atoms with Gasteiger partial charge in [-0.3, -0.25) is 9.38 Å². The van der Waals surface area contributed by atoms with E-state index in [-0.39, 0.29) is 5.97 Å². The summed E-state index contributed by atoms with van der Waals surface area (Å²) in [5, 5.41) is 0. The van der Waals surface area contributed by atoms with Crippen molar-refractivity contribution in [2.24, 2.45) is 0 Å². The van der Waals surface area contributed by atoms with Gasteiger partial charge in [0, 0.05) is 23.5 Å². The minimum atomic E-state index is -0.387. The average Bonchev–Trinajstić information content (AvgIpc) is 3.28. The molecule has 5 rings (SSSR count). The fourth-order valence-corrected chi connectivity index (χ4v) is 3.73. The van der Waals surface area contributed by atoms with Gasteiger partial charge in [-0.25, -0.2) is 9.78 Å². The lowest BCUT2D eigenvalue weighted by molar-refractivity contribution is 0.0601. The molecule has 162 valence electrons. The predicted molar refractivity (Wildman–Crippen MR) is 126 cm³/mol. The van der Waals surface area contributed by atoms with E-state index < -0.39 is 0 Å². The van der Waals surface area contributed by atoms with E-state index in [1.165, 1.54) is 7.11 Å². The highest BCUT2D eigenvalue weighted by Crippen LogP contribution is 2.31. The van der Waals surface area contributed by atoms with E-state index in [0.29, 0.717) is 12.2 Å². The Labute approximate surface area is 191 Å². The summed E-state index contributed by atoms with van der Waals surface area (Å²) in [6.45, 7) is 0.488. The average molecular weight is 435 g/mol. The van der Waals surface area contributed by atoms with Gasteiger partial charge in [-0.2, -0.15) is 0 Å². The van der Waals surface area contributed by atoms with Crippen LogP contribution in [0.15, 0.2) is 97.5 Å². The number of hydrogen-bond acceptors (Lipinski definition) is 5. The van der Waals surface area contributed by atoms with Crippen molar-refractivity contribution < 1.29 is 14.3 Å². The number of rotatable bonds is 6. The molecule has 3 aromatic carbocycles. The Kier molecular flexibility index (Phi) is 5.55. The summed E-state index contributed by atoms with van der Waals surface area (Å²) in [5.74, 6) is 1.13. The van der Waals surface area contributed by atoms with E-state index in [2.05, 4.69) is 4.98 Å². The van der Waals surface area contributed by atoms with Crippen LogP contribution in [0, 0.1) is 0 Å². The minimum Gasteiger partial charge on any atom is -0.489 e. The highest BCUT2D eigenvalue weighted by molar-refractivity contribution is 5.92. The minimum absolute atomic E-state index is 0.387. The SMILES string of the molecule is COC(=O)c1cccc(-c2nc(-c3cccc(OCc4ccccc4)c3)n3ccncc23)c1. The molecule has 0 unspecified atom stereocenters.